The van der Waals surface area contributed by atoms with Crippen molar-refractivity contribution in [3.63, 3.8) is 0 Å². The maximum atomic E-state index is 2.70. The first-order valence-electron chi connectivity index (χ1n) is 4.39. The molecule has 0 saturated heterocycles. The summed E-state index contributed by atoms with van der Waals surface area (Å²) in [7, 11) is 0. The van der Waals surface area contributed by atoms with E-state index in [0.717, 1.165) is 3.54 Å². The van der Waals surface area contributed by atoms with Gasteiger partial charge in [-0.2, -0.15) is 0 Å². The van der Waals surface area contributed by atoms with Gasteiger partial charge in [0.15, 0.2) is 0 Å². The van der Waals surface area contributed by atoms with E-state index in [-0.39, 0.29) is 16.5 Å². The fraction of sp³-hybridized carbons (Fsp3) is 1.00. The highest BCUT2D eigenvalue weighted by Gasteiger charge is 2.30. The van der Waals surface area contributed by atoms with Gasteiger partial charge in [0, 0.05) is 0 Å². The van der Waals surface area contributed by atoms with Gasteiger partial charge in [0.25, 0.3) is 0 Å². The first-order valence-corrected chi connectivity index (χ1v) is 10.2. The molecule has 10 heavy (non-hydrogen) atoms. The lowest BCUT2D eigenvalue weighted by Gasteiger charge is -2.35. The van der Waals surface area contributed by atoms with Gasteiger partial charge in [-0.3, -0.25) is 0 Å². The SMILES string of the molecule is CC[C]1([Mg][I])CCCCC1. The van der Waals surface area contributed by atoms with E-state index in [1.165, 1.54) is 25.7 Å². The van der Waals surface area contributed by atoms with Crippen molar-refractivity contribution in [1.29, 1.82) is 0 Å². The molecule has 0 radical (unpaired) electrons. The van der Waals surface area contributed by atoms with Gasteiger partial charge in [0.05, 0.1) is 0 Å². The summed E-state index contributed by atoms with van der Waals surface area (Å²) in [6.45, 7) is 2.39. The second-order valence-electron chi connectivity index (χ2n) is 3.55. The molecule has 0 aliphatic heterocycles. The van der Waals surface area contributed by atoms with Crippen LogP contribution in [0.1, 0.15) is 45.4 Å². The first-order chi connectivity index (χ1) is 4.83. The molecule has 0 aromatic carbocycles. The molecule has 0 heterocycles. The van der Waals surface area contributed by atoms with Crippen LogP contribution >= 0.6 is 18.9 Å². The predicted molar refractivity (Wildman–Crippen MR) is 55.8 cm³/mol. The molecule has 1 rings (SSSR count). The standard InChI is InChI=1S/C8H15.HI.Mg/c1-2-8-6-4-3-5-7-8;;/h2-7H2,1H3;1H;/q;;+1/p-1. The molecule has 1 fully saturated rings. The number of hydrogen-bond donors (Lipinski definition) is 0. The third-order valence-electron chi connectivity index (χ3n) is 2.95. The molecule has 56 valence electrons. The fourth-order valence-corrected chi connectivity index (χ4v) is 6.75. The van der Waals surface area contributed by atoms with E-state index in [1.807, 2.05) is 0 Å². The summed E-state index contributed by atoms with van der Waals surface area (Å²) in [5, 5.41) is 0. The van der Waals surface area contributed by atoms with Crippen LogP contribution in [0.4, 0.5) is 0 Å². The van der Waals surface area contributed by atoms with Gasteiger partial charge in [0.1, 0.15) is 0 Å². The normalized spacial score (nSPS) is 23.8. The Hall–Kier alpha value is 1.50. The van der Waals surface area contributed by atoms with E-state index in [1.54, 1.807) is 12.8 Å². The minimum atomic E-state index is 0.231. The second kappa shape index (κ2) is 4.50. The van der Waals surface area contributed by atoms with Crippen molar-refractivity contribution in [3.8, 4) is 0 Å². The Bertz CT molecular complexity index is 91.4. The summed E-state index contributed by atoms with van der Waals surface area (Å²) in [5.41, 5.74) is 0. The van der Waals surface area contributed by atoms with Crippen molar-refractivity contribution < 1.29 is 0 Å². The van der Waals surface area contributed by atoms with Crippen molar-refractivity contribution >= 4 is 35.3 Å². The van der Waals surface area contributed by atoms with Gasteiger partial charge in [-0.05, 0) is 0 Å². The first kappa shape index (κ1) is 9.58. The summed E-state index contributed by atoms with van der Waals surface area (Å²) in [6.07, 6.45) is 9.11. The molecule has 0 nitrogen and oxygen atoms in total. The molecule has 0 aromatic rings. The van der Waals surface area contributed by atoms with Crippen LogP contribution in [0.25, 0.3) is 0 Å². The fourth-order valence-electron chi connectivity index (χ4n) is 1.88. The highest BCUT2D eigenvalue weighted by molar-refractivity contribution is 14.1. The Labute approximate surface area is 83.6 Å². The number of hydrogen-bond acceptors (Lipinski definition) is 0. The minimum Gasteiger partial charge on any atom is -0.300 e. The zero-order valence-corrected chi connectivity index (χ0v) is 10.4. The van der Waals surface area contributed by atoms with Crippen LogP contribution < -0.4 is 0 Å². The van der Waals surface area contributed by atoms with Crippen LogP contribution in [0.5, 0.6) is 0 Å². The maximum absolute atomic E-state index is 2.70. The zero-order chi connectivity index (χ0) is 7.45. The Morgan fingerprint density at radius 2 is 1.90 bits per heavy atom. The smallest absolute Gasteiger partial charge is 0.300 e. The molecule has 1 aliphatic carbocycles. The van der Waals surface area contributed by atoms with E-state index in [0.29, 0.717) is 0 Å². The summed E-state index contributed by atoms with van der Waals surface area (Å²) in [6, 6.07) is 0. The van der Waals surface area contributed by atoms with Crippen molar-refractivity contribution in [2.45, 2.75) is 49.0 Å². The number of halogens is 1. The Balaban J connectivity index is 2.44. The van der Waals surface area contributed by atoms with E-state index in [9.17, 15) is 0 Å². The highest BCUT2D eigenvalue weighted by atomic mass is 127. The van der Waals surface area contributed by atoms with Gasteiger partial charge in [-0.1, -0.05) is 45.4 Å². The molecule has 0 N–H and O–H groups in total. The lowest BCUT2D eigenvalue weighted by Crippen LogP contribution is -2.19. The quantitative estimate of drug-likeness (QED) is 0.527. The third kappa shape index (κ3) is 2.24. The van der Waals surface area contributed by atoms with Gasteiger partial charge >= 0.3 is 16.5 Å². The topological polar surface area (TPSA) is 0 Å². The van der Waals surface area contributed by atoms with Gasteiger partial charge in [-0.25, -0.2) is 0 Å². The van der Waals surface area contributed by atoms with Crippen molar-refractivity contribution in [2.75, 3.05) is 0 Å². The molecule has 0 amide bonds. The lowest BCUT2D eigenvalue weighted by molar-refractivity contribution is 0.369. The van der Waals surface area contributed by atoms with E-state index in [2.05, 4.69) is 25.8 Å². The molecule has 0 spiro atoms. The molecule has 2 heteroatoms. The monoisotopic (exact) mass is 262 g/mol. The summed E-state index contributed by atoms with van der Waals surface area (Å²) in [4.78, 5) is 0. The molecule has 0 aromatic heterocycles. The van der Waals surface area contributed by atoms with Crippen LogP contribution in [-0.4, -0.2) is 16.5 Å². The van der Waals surface area contributed by atoms with Gasteiger partial charge in [-0.15, -0.1) is 3.54 Å². The summed E-state index contributed by atoms with van der Waals surface area (Å²) >= 11 is 2.93. The van der Waals surface area contributed by atoms with E-state index in [4.69, 9.17) is 0 Å². The molecule has 1 saturated carbocycles. The van der Waals surface area contributed by atoms with Crippen molar-refractivity contribution in [1.82, 2.24) is 0 Å². The third-order valence-corrected chi connectivity index (χ3v) is 9.58. The van der Waals surface area contributed by atoms with Crippen LogP contribution in [0, 0.1) is 0 Å². The van der Waals surface area contributed by atoms with Crippen LogP contribution in [0.2, 0.25) is 3.54 Å². The summed E-state index contributed by atoms with van der Waals surface area (Å²) < 4.78 is 0.888. The van der Waals surface area contributed by atoms with E-state index < -0.39 is 0 Å². The Morgan fingerprint density at radius 3 is 2.20 bits per heavy atom. The van der Waals surface area contributed by atoms with E-state index >= 15 is 0 Å². The Morgan fingerprint density at radius 1 is 1.30 bits per heavy atom. The molecule has 0 atom stereocenters. The average Bonchev–Trinajstić information content (AvgIpc) is 2.06. The molecule has 0 bridgehead atoms. The molecule has 0 unspecified atom stereocenters. The minimum absolute atomic E-state index is 0.231. The maximum Gasteiger partial charge on any atom is 0.470 e. The zero-order valence-electron chi connectivity index (χ0n) is 6.83. The van der Waals surface area contributed by atoms with Gasteiger partial charge < -0.3 is 18.9 Å². The highest BCUT2D eigenvalue weighted by Crippen LogP contribution is 2.45. The van der Waals surface area contributed by atoms with Crippen LogP contribution in [0.15, 0.2) is 0 Å². The molecule has 1 aliphatic rings. The molecular weight excluding hydrogens is 247 g/mol. The second-order valence-corrected chi connectivity index (χ2v) is 7.60. The van der Waals surface area contributed by atoms with Gasteiger partial charge in [0.2, 0.25) is 0 Å². The van der Waals surface area contributed by atoms with Crippen molar-refractivity contribution in [3.05, 3.63) is 0 Å². The van der Waals surface area contributed by atoms with Crippen LogP contribution in [-0.2, 0) is 0 Å². The lowest BCUT2D eigenvalue weighted by atomic mass is 9.86. The van der Waals surface area contributed by atoms with Crippen molar-refractivity contribution in [2.24, 2.45) is 0 Å². The predicted octanol–water partition coefficient (Wildman–Crippen LogP) is 3.57. The largest absolute Gasteiger partial charge is 0.470 e. The average molecular weight is 262 g/mol. The summed E-state index contributed by atoms with van der Waals surface area (Å²) in [5.74, 6) is 0. The Kier molecular flexibility index (Phi) is 4.32. The van der Waals surface area contributed by atoms with Crippen LogP contribution in [0.3, 0.4) is 0 Å². The molecular formula is C8H15IMg. The number of rotatable bonds is 2.